The van der Waals surface area contributed by atoms with Gasteiger partial charge in [-0.2, -0.15) is 0 Å². The minimum absolute atomic E-state index is 0.0841. The maximum Gasteiger partial charge on any atom is 0.128 e. The van der Waals surface area contributed by atoms with Crippen LogP contribution in [0.2, 0.25) is 0 Å². The molecule has 0 aliphatic carbocycles. The zero-order chi connectivity index (χ0) is 14.5. The Labute approximate surface area is 123 Å². The molecular formula is C16H20FNOS. The molecule has 0 radical (unpaired) electrons. The topological polar surface area (TPSA) is 35.2 Å². The van der Waals surface area contributed by atoms with Gasteiger partial charge in [-0.25, -0.2) is 4.39 Å². The first-order chi connectivity index (χ1) is 9.63. The lowest BCUT2D eigenvalue weighted by Crippen LogP contribution is -2.29. The third kappa shape index (κ3) is 3.45. The van der Waals surface area contributed by atoms with Gasteiger partial charge in [0.05, 0.1) is 6.61 Å². The first kappa shape index (κ1) is 15.2. The first-order valence-electron chi connectivity index (χ1n) is 6.78. The number of benzene rings is 1. The van der Waals surface area contributed by atoms with Gasteiger partial charge < -0.3 is 10.5 Å². The quantitative estimate of drug-likeness (QED) is 0.866. The Bertz CT molecular complexity index is 555. The van der Waals surface area contributed by atoms with Crippen molar-refractivity contribution in [2.45, 2.75) is 39.0 Å². The van der Waals surface area contributed by atoms with Gasteiger partial charge in [0.15, 0.2) is 0 Å². The summed E-state index contributed by atoms with van der Waals surface area (Å²) in [6.45, 7) is 4.32. The molecule has 2 unspecified atom stereocenters. The van der Waals surface area contributed by atoms with Crippen molar-refractivity contribution in [3.8, 4) is 0 Å². The van der Waals surface area contributed by atoms with Crippen LogP contribution >= 0.6 is 11.3 Å². The van der Waals surface area contributed by atoms with E-state index in [9.17, 15) is 4.39 Å². The number of nitrogens with two attached hydrogens (primary N) is 1. The van der Waals surface area contributed by atoms with Crippen molar-refractivity contribution in [2.24, 2.45) is 5.73 Å². The molecule has 1 aromatic carbocycles. The molecule has 0 spiro atoms. The summed E-state index contributed by atoms with van der Waals surface area (Å²) in [5.41, 5.74) is 7.91. The van der Waals surface area contributed by atoms with Crippen molar-refractivity contribution < 1.29 is 9.13 Å². The average Bonchev–Trinajstić information content (AvgIpc) is 2.87. The molecule has 0 fully saturated rings. The van der Waals surface area contributed by atoms with Crippen molar-refractivity contribution in [3.05, 3.63) is 57.5 Å². The molecule has 4 heteroatoms. The van der Waals surface area contributed by atoms with Gasteiger partial charge >= 0.3 is 0 Å². The van der Waals surface area contributed by atoms with Crippen LogP contribution in [0.1, 0.15) is 35.5 Å². The lowest BCUT2D eigenvalue weighted by atomic mass is 10.1. The van der Waals surface area contributed by atoms with Crippen molar-refractivity contribution in [1.29, 1.82) is 0 Å². The predicted octanol–water partition coefficient (Wildman–Crippen LogP) is 4.19. The summed E-state index contributed by atoms with van der Waals surface area (Å²) in [5.74, 6) is -0.237. The lowest BCUT2D eigenvalue weighted by Gasteiger charge is -2.23. The van der Waals surface area contributed by atoms with Crippen LogP contribution < -0.4 is 5.73 Å². The summed E-state index contributed by atoms with van der Waals surface area (Å²) in [6, 6.07) is 8.65. The molecule has 0 amide bonds. The van der Waals surface area contributed by atoms with E-state index in [1.165, 1.54) is 11.6 Å². The SMILES string of the molecule is CCC(N)C(OCc1ccccc1F)c1sccc1C. The Hall–Kier alpha value is -1.23. The van der Waals surface area contributed by atoms with Gasteiger partial charge in [0.1, 0.15) is 11.9 Å². The molecule has 2 aromatic rings. The second-order valence-electron chi connectivity index (χ2n) is 4.86. The van der Waals surface area contributed by atoms with Crippen LogP contribution in [-0.4, -0.2) is 6.04 Å². The third-order valence-corrected chi connectivity index (χ3v) is 4.48. The highest BCUT2D eigenvalue weighted by Gasteiger charge is 2.22. The van der Waals surface area contributed by atoms with Crippen LogP contribution in [0.4, 0.5) is 4.39 Å². The number of halogens is 1. The van der Waals surface area contributed by atoms with Crippen LogP contribution in [0.3, 0.4) is 0 Å². The number of rotatable bonds is 6. The van der Waals surface area contributed by atoms with E-state index in [1.54, 1.807) is 23.5 Å². The number of aryl methyl sites for hydroxylation is 1. The highest BCUT2D eigenvalue weighted by Crippen LogP contribution is 2.30. The molecule has 0 aliphatic heterocycles. The third-order valence-electron chi connectivity index (χ3n) is 3.40. The smallest absolute Gasteiger partial charge is 0.128 e. The Morgan fingerprint density at radius 2 is 2.05 bits per heavy atom. The van der Waals surface area contributed by atoms with Gasteiger partial charge in [-0.1, -0.05) is 25.1 Å². The number of hydrogen-bond acceptors (Lipinski definition) is 3. The summed E-state index contributed by atoms with van der Waals surface area (Å²) in [5, 5.41) is 2.03. The Morgan fingerprint density at radius 1 is 1.30 bits per heavy atom. The van der Waals surface area contributed by atoms with Crippen molar-refractivity contribution >= 4 is 11.3 Å². The normalized spacial score (nSPS) is 14.2. The molecule has 0 saturated carbocycles. The fourth-order valence-electron chi connectivity index (χ4n) is 2.08. The zero-order valence-corrected chi connectivity index (χ0v) is 12.6. The molecule has 0 saturated heterocycles. The number of hydrogen-bond donors (Lipinski definition) is 1. The fourth-order valence-corrected chi connectivity index (χ4v) is 3.13. The maximum absolute atomic E-state index is 13.6. The van der Waals surface area contributed by atoms with Gasteiger partial charge in [0.25, 0.3) is 0 Å². The summed E-state index contributed by atoms with van der Waals surface area (Å²) in [6.07, 6.45) is 0.638. The Morgan fingerprint density at radius 3 is 2.65 bits per heavy atom. The second kappa shape index (κ2) is 6.97. The molecule has 2 atom stereocenters. The standard InChI is InChI=1S/C16H20FNOS/c1-3-14(18)15(16-11(2)8-9-20-16)19-10-12-6-4-5-7-13(12)17/h4-9,14-15H,3,10,18H2,1-2H3. The molecule has 2 N–H and O–H groups in total. The maximum atomic E-state index is 13.6. The van der Waals surface area contributed by atoms with Crippen LogP contribution in [-0.2, 0) is 11.3 Å². The fraction of sp³-hybridized carbons (Fsp3) is 0.375. The molecule has 20 heavy (non-hydrogen) atoms. The summed E-state index contributed by atoms with van der Waals surface area (Å²) < 4.78 is 19.6. The van der Waals surface area contributed by atoms with Gasteiger partial charge in [0.2, 0.25) is 0 Å². The molecule has 1 heterocycles. The van der Waals surface area contributed by atoms with E-state index in [0.717, 1.165) is 11.3 Å². The molecular weight excluding hydrogens is 273 g/mol. The number of thiophene rings is 1. The van der Waals surface area contributed by atoms with Crippen molar-refractivity contribution in [2.75, 3.05) is 0 Å². The van der Waals surface area contributed by atoms with Crippen LogP contribution in [0, 0.1) is 12.7 Å². The van der Waals surface area contributed by atoms with E-state index in [-0.39, 0.29) is 24.6 Å². The van der Waals surface area contributed by atoms with E-state index >= 15 is 0 Å². The average molecular weight is 293 g/mol. The molecule has 1 aromatic heterocycles. The van der Waals surface area contributed by atoms with Gasteiger partial charge in [-0.3, -0.25) is 0 Å². The van der Waals surface area contributed by atoms with E-state index in [0.29, 0.717) is 5.56 Å². The van der Waals surface area contributed by atoms with E-state index < -0.39 is 0 Å². The van der Waals surface area contributed by atoms with Crippen LogP contribution in [0.5, 0.6) is 0 Å². The first-order valence-corrected chi connectivity index (χ1v) is 7.66. The highest BCUT2D eigenvalue weighted by atomic mass is 32.1. The van der Waals surface area contributed by atoms with Crippen molar-refractivity contribution in [1.82, 2.24) is 0 Å². The number of ether oxygens (including phenoxy) is 1. The monoisotopic (exact) mass is 293 g/mol. The molecule has 2 rings (SSSR count). The summed E-state index contributed by atoms with van der Waals surface area (Å²) >= 11 is 1.64. The summed E-state index contributed by atoms with van der Waals surface area (Å²) in [4.78, 5) is 1.13. The lowest BCUT2D eigenvalue weighted by molar-refractivity contribution is 0.0219. The van der Waals surface area contributed by atoms with Crippen LogP contribution in [0.15, 0.2) is 35.7 Å². The molecule has 0 bridgehead atoms. The van der Waals surface area contributed by atoms with Crippen molar-refractivity contribution in [3.63, 3.8) is 0 Å². The van der Waals surface area contributed by atoms with Gasteiger partial charge in [0, 0.05) is 16.5 Å². The van der Waals surface area contributed by atoms with Gasteiger partial charge in [-0.15, -0.1) is 11.3 Å². The summed E-state index contributed by atoms with van der Waals surface area (Å²) in [7, 11) is 0. The molecule has 108 valence electrons. The highest BCUT2D eigenvalue weighted by molar-refractivity contribution is 7.10. The Balaban J connectivity index is 2.13. The van der Waals surface area contributed by atoms with Crippen LogP contribution in [0.25, 0.3) is 0 Å². The van der Waals surface area contributed by atoms with E-state index in [4.69, 9.17) is 10.5 Å². The van der Waals surface area contributed by atoms with E-state index in [2.05, 4.69) is 6.07 Å². The van der Waals surface area contributed by atoms with Gasteiger partial charge in [-0.05, 0) is 36.4 Å². The Kier molecular flexibility index (Phi) is 5.29. The predicted molar refractivity (Wildman–Crippen MR) is 81.3 cm³/mol. The molecule has 0 aliphatic rings. The van der Waals surface area contributed by atoms with E-state index in [1.807, 2.05) is 25.3 Å². The zero-order valence-electron chi connectivity index (χ0n) is 11.8. The minimum Gasteiger partial charge on any atom is -0.366 e. The minimum atomic E-state index is -0.237. The largest absolute Gasteiger partial charge is 0.366 e. The second-order valence-corrected chi connectivity index (χ2v) is 5.81. The molecule has 2 nitrogen and oxygen atoms in total.